The lowest BCUT2D eigenvalue weighted by Crippen LogP contribution is -2.24. The summed E-state index contributed by atoms with van der Waals surface area (Å²) in [5.41, 5.74) is 3.95. The van der Waals surface area contributed by atoms with Crippen molar-refractivity contribution in [2.75, 3.05) is 13.2 Å². The molecule has 0 aliphatic rings. The first-order chi connectivity index (χ1) is 12.1. The smallest absolute Gasteiger partial charge is 0.277 e. The van der Waals surface area contributed by atoms with Crippen molar-refractivity contribution in [3.8, 4) is 23.8 Å². The maximum atomic E-state index is 11.8. The van der Waals surface area contributed by atoms with E-state index in [0.717, 1.165) is 5.56 Å². The Balaban J connectivity index is 1.87. The number of hydrogen-bond donors (Lipinski definition) is 1. The molecule has 5 nitrogen and oxygen atoms in total. The minimum absolute atomic E-state index is 0.158. The molecule has 25 heavy (non-hydrogen) atoms. The SMILES string of the molecule is C#CCOc1ccccc1/C=N\NC(=O)COc1ccc(Cl)cc1C. The van der Waals surface area contributed by atoms with Gasteiger partial charge in [0.25, 0.3) is 5.91 Å². The van der Waals surface area contributed by atoms with E-state index in [1.807, 2.05) is 19.1 Å². The second-order valence-corrected chi connectivity index (χ2v) is 5.46. The molecule has 0 saturated heterocycles. The summed E-state index contributed by atoms with van der Waals surface area (Å²) in [7, 11) is 0. The minimum atomic E-state index is -0.382. The molecule has 1 N–H and O–H groups in total. The molecular weight excluding hydrogens is 340 g/mol. The molecule has 2 aromatic carbocycles. The van der Waals surface area contributed by atoms with Crippen LogP contribution in [0.4, 0.5) is 0 Å². The molecule has 128 valence electrons. The van der Waals surface area contributed by atoms with Crippen LogP contribution in [0.15, 0.2) is 47.6 Å². The Labute approximate surface area is 151 Å². The Bertz CT molecular complexity index is 813. The van der Waals surface area contributed by atoms with Gasteiger partial charge >= 0.3 is 0 Å². The van der Waals surface area contributed by atoms with E-state index >= 15 is 0 Å². The summed E-state index contributed by atoms with van der Waals surface area (Å²) >= 11 is 5.88. The lowest BCUT2D eigenvalue weighted by molar-refractivity contribution is -0.123. The largest absolute Gasteiger partial charge is 0.483 e. The fourth-order valence-electron chi connectivity index (χ4n) is 1.96. The van der Waals surface area contributed by atoms with Gasteiger partial charge in [-0.15, -0.1) is 6.42 Å². The number of para-hydroxylation sites is 1. The van der Waals surface area contributed by atoms with Crippen molar-refractivity contribution in [3.63, 3.8) is 0 Å². The third-order valence-corrected chi connectivity index (χ3v) is 3.35. The van der Waals surface area contributed by atoms with E-state index in [9.17, 15) is 4.79 Å². The zero-order chi connectivity index (χ0) is 18.1. The zero-order valence-corrected chi connectivity index (χ0v) is 14.4. The standard InChI is InChI=1S/C19H17ClN2O3/c1-3-10-24-18-7-5-4-6-15(18)12-21-22-19(23)13-25-17-9-8-16(20)11-14(17)2/h1,4-9,11-12H,10,13H2,2H3,(H,22,23)/b21-12-. The number of hydrogen-bond acceptors (Lipinski definition) is 4. The third kappa shape index (κ3) is 5.87. The Morgan fingerprint density at radius 3 is 2.84 bits per heavy atom. The summed E-state index contributed by atoms with van der Waals surface area (Å²) in [4.78, 5) is 11.8. The topological polar surface area (TPSA) is 59.9 Å². The zero-order valence-electron chi connectivity index (χ0n) is 13.7. The molecule has 0 radical (unpaired) electrons. The highest BCUT2D eigenvalue weighted by Crippen LogP contribution is 2.21. The quantitative estimate of drug-likeness (QED) is 0.471. The Kier molecular flexibility index (Phi) is 6.87. The normalized spacial score (nSPS) is 10.3. The summed E-state index contributed by atoms with van der Waals surface area (Å²) in [5, 5.41) is 4.52. The molecule has 0 aliphatic heterocycles. The van der Waals surface area contributed by atoms with Crippen LogP contribution in [0.5, 0.6) is 11.5 Å². The molecule has 0 saturated carbocycles. The highest BCUT2D eigenvalue weighted by atomic mass is 35.5. The van der Waals surface area contributed by atoms with Gasteiger partial charge in [-0.05, 0) is 42.8 Å². The van der Waals surface area contributed by atoms with E-state index in [0.29, 0.717) is 22.1 Å². The minimum Gasteiger partial charge on any atom is -0.483 e. The van der Waals surface area contributed by atoms with Crippen molar-refractivity contribution in [1.29, 1.82) is 0 Å². The van der Waals surface area contributed by atoms with E-state index in [-0.39, 0.29) is 19.1 Å². The van der Waals surface area contributed by atoms with Gasteiger partial charge in [-0.25, -0.2) is 5.43 Å². The van der Waals surface area contributed by atoms with E-state index in [1.54, 1.807) is 30.3 Å². The van der Waals surface area contributed by atoms with Crippen LogP contribution in [-0.2, 0) is 4.79 Å². The molecule has 0 fully saturated rings. The number of amides is 1. The molecule has 0 atom stereocenters. The number of ether oxygens (including phenoxy) is 2. The van der Waals surface area contributed by atoms with Gasteiger partial charge in [0.15, 0.2) is 6.61 Å². The first-order valence-corrected chi connectivity index (χ1v) is 7.84. The van der Waals surface area contributed by atoms with Crippen LogP contribution in [0.25, 0.3) is 0 Å². The summed E-state index contributed by atoms with van der Waals surface area (Å²) in [5.74, 6) is 3.20. The van der Waals surface area contributed by atoms with E-state index < -0.39 is 0 Å². The van der Waals surface area contributed by atoms with Gasteiger partial charge in [0.2, 0.25) is 0 Å². The number of halogens is 1. The number of carbonyl (C=O) groups excluding carboxylic acids is 1. The molecular formula is C19H17ClN2O3. The molecule has 6 heteroatoms. The van der Waals surface area contributed by atoms with Gasteiger partial charge in [0, 0.05) is 10.6 Å². The number of terminal acetylenes is 1. The van der Waals surface area contributed by atoms with Gasteiger partial charge in [-0.2, -0.15) is 5.10 Å². The molecule has 1 amide bonds. The highest BCUT2D eigenvalue weighted by Gasteiger charge is 2.05. The van der Waals surface area contributed by atoms with Crippen molar-refractivity contribution in [2.24, 2.45) is 5.10 Å². The van der Waals surface area contributed by atoms with Crippen LogP contribution in [0.3, 0.4) is 0 Å². The third-order valence-electron chi connectivity index (χ3n) is 3.12. The monoisotopic (exact) mass is 356 g/mol. The fourth-order valence-corrected chi connectivity index (χ4v) is 2.19. The summed E-state index contributed by atoms with van der Waals surface area (Å²) in [6.07, 6.45) is 6.66. The predicted molar refractivity (Wildman–Crippen MR) is 98.2 cm³/mol. The van der Waals surface area contributed by atoms with Crippen molar-refractivity contribution < 1.29 is 14.3 Å². The first-order valence-electron chi connectivity index (χ1n) is 7.46. The number of hydrazone groups is 1. The lowest BCUT2D eigenvalue weighted by Gasteiger charge is -2.08. The van der Waals surface area contributed by atoms with E-state index in [1.165, 1.54) is 6.21 Å². The van der Waals surface area contributed by atoms with Crippen molar-refractivity contribution in [3.05, 3.63) is 58.6 Å². The number of rotatable bonds is 7. The van der Waals surface area contributed by atoms with Gasteiger partial charge in [-0.1, -0.05) is 29.7 Å². The molecule has 0 heterocycles. The number of benzene rings is 2. The number of nitrogens with one attached hydrogen (secondary N) is 1. The number of nitrogens with zero attached hydrogens (tertiary/aromatic N) is 1. The lowest BCUT2D eigenvalue weighted by atomic mass is 10.2. The van der Waals surface area contributed by atoms with Gasteiger partial charge in [0.1, 0.15) is 18.1 Å². The molecule has 0 unspecified atom stereocenters. The van der Waals surface area contributed by atoms with E-state index in [2.05, 4.69) is 16.4 Å². The molecule has 0 aromatic heterocycles. The van der Waals surface area contributed by atoms with Crippen LogP contribution < -0.4 is 14.9 Å². The predicted octanol–water partition coefficient (Wildman–Crippen LogP) is 3.19. The molecule has 0 aliphatic carbocycles. The van der Waals surface area contributed by atoms with Crippen molar-refractivity contribution in [1.82, 2.24) is 5.43 Å². The Morgan fingerprint density at radius 2 is 2.08 bits per heavy atom. The number of aryl methyl sites for hydroxylation is 1. The maximum absolute atomic E-state index is 11.8. The highest BCUT2D eigenvalue weighted by molar-refractivity contribution is 6.30. The molecule has 0 bridgehead atoms. The average molecular weight is 357 g/mol. The van der Waals surface area contributed by atoms with Crippen molar-refractivity contribution >= 4 is 23.7 Å². The van der Waals surface area contributed by atoms with Crippen molar-refractivity contribution in [2.45, 2.75) is 6.92 Å². The average Bonchev–Trinajstić information content (AvgIpc) is 2.60. The van der Waals surface area contributed by atoms with Crippen LogP contribution in [0, 0.1) is 19.3 Å². The van der Waals surface area contributed by atoms with Gasteiger partial charge < -0.3 is 9.47 Å². The van der Waals surface area contributed by atoms with Crippen LogP contribution >= 0.6 is 11.6 Å². The van der Waals surface area contributed by atoms with E-state index in [4.69, 9.17) is 27.5 Å². The second-order valence-electron chi connectivity index (χ2n) is 5.02. The summed E-state index contributed by atoms with van der Waals surface area (Å²) in [6, 6.07) is 12.4. The Hall–Kier alpha value is -2.97. The summed E-state index contributed by atoms with van der Waals surface area (Å²) in [6.45, 7) is 1.85. The second kappa shape index (κ2) is 9.36. The molecule has 0 spiro atoms. The fraction of sp³-hybridized carbons (Fsp3) is 0.158. The van der Waals surface area contributed by atoms with Gasteiger partial charge in [0.05, 0.1) is 6.21 Å². The van der Waals surface area contributed by atoms with Crippen LogP contribution in [0.2, 0.25) is 5.02 Å². The van der Waals surface area contributed by atoms with Crippen LogP contribution in [0.1, 0.15) is 11.1 Å². The Morgan fingerprint density at radius 1 is 1.28 bits per heavy atom. The summed E-state index contributed by atoms with van der Waals surface area (Å²) < 4.78 is 10.8. The van der Waals surface area contributed by atoms with Gasteiger partial charge in [-0.3, -0.25) is 4.79 Å². The molecule has 2 aromatic rings. The number of carbonyl (C=O) groups is 1. The van der Waals surface area contributed by atoms with Crippen LogP contribution in [-0.4, -0.2) is 25.3 Å². The molecule has 2 rings (SSSR count). The first kappa shape index (κ1) is 18.4. The maximum Gasteiger partial charge on any atom is 0.277 e.